The lowest BCUT2D eigenvalue weighted by atomic mass is 9.53. The number of carbonyl (C=O) groups excluding carboxylic acids is 2. The molecule has 29 heavy (non-hydrogen) atoms. The zero-order chi connectivity index (χ0) is 20.2. The summed E-state index contributed by atoms with van der Waals surface area (Å²) in [6.45, 7) is 7.94. The van der Waals surface area contributed by atoms with E-state index in [1.165, 1.54) is 19.3 Å². The van der Waals surface area contributed by atoms with Crippen molar-refractivity contribution in [3.8, 4) is 0 Å². The summed E-state index contributed by atoms with van der Waals surface area (Å²) < 4.78 is 17.2. The van der Waals surface area contributed by atoms with Gasteiger partial charge in [0.1, 0.15) is 6.10 Å². The summed E-state index contributed by atoms with van der Waals surface area (Å²) in [5.74, 6) is 0.605. The van der Waals surface area contributed by atoms with Crippen LogP contribution in [0.5, 0.6) is 0 Å². The largest absolute Gasteiger partial charge is 0.466 e. The molecule has 6 heteroatoms. The van der Waals surface area contributed by atoms with Gasteiger partial charge in [0, 0.05) is 19.0 Å². The van der Waals surface area contributed by atoms with Crippen LogP contribution in [0.4, 0.5) is 0 Å². The SMILES string of the molecule is CCOC(=O)[C@@H]1CCCN(C[C@@H]2C(=O)O[C@@H]3C[C@@]4(C)CCC[C@@]5(CO5)[C@@H]4C[C@H]23)C1. The van der Waals surface area contributed by atoms with Crippen molar-refractivity contribution < 1.29 is 23.8 Å². The standard InChI is InChI=1S/C23H35NO5/c1-3-27-20(25)15-6-4-9-24(12-15)13-17-16-10-19-22(2,11-18(16)29-21(17)26)7-5-8-23(19)14-28-23/h15-19H,3-14H2,1-2H3/t15-,16-,17+,18-,19-,22-,23-/m1/s1. The van der Waals surface area contributed by atoms with E-state index in [-0.39, 0.29) is 40.9 Å². The number of nitrogens with zero attached hydrogens (tertiary/aromatic N) is 1. The first-order chi connectivity index (χ1) is 13.9. The van der Waals surface area contributed by atoms with Crippen LogP contribution in [0.25, 0.3) is 0 Å². The smallest absolute Gasteiger partial charge is 0.310 e. The Morgan fingerprint density at radius 1 is 1.31 bits per heavy atom. The van der Waals surface area contributed by atoms with E-state index in [0.717, 1.165) is 38.8 Å². The van der Waals surface area contributed by atoms with Gasteiger partial charge in [-0.05, 0) is 69.7 Å². The fraction of sp³-hybridized carbons (Fsp3) is 0.913. The first-order valence-corrected chi connectivity index (χ1v) is 11.7. The molecule has 2 saturated carbocycles. The highest BCUT2D eigenvalue weighted by atomic mass is 16.6. The maximum absolute atomic E-state index is 12.8. The van der Waals surface area contributed by atoms with Crippen LogP contribution in [-0.4, -0.2) is 61.4 Å². The van der Waals surface area contributed by atoms with E-state index in [4.69, 9.17) is 14.2 Å². The summed E-state index contributed by atoms with van der Waals surface area (Å²) in [4.78, 5) is 27.3. The number of epoxide rings is 1. The summed E-state index contributed by atoms with van der Waals surface area (Å²) in [7, 11) is 0. The van der Waals surface area contributed by atoms with Crippen molar-refractivity contribution in [1.82, 2.24) is 4.90 Å². The molecule has 0 aromatic heterocycles. The molecule has 0 radical (unpaired) electrons. The molecule has 0 aromatic carbocycles. The minimum absolute atomic E-state index is 0.0220. The van der Waals surface area contributed by atoms with Gasteiger partial charge in [-0.1, -0.05) is 6.92 Å². The lowest BCUT2D eigenvalue weighted by molar-refractivity contribution is -0.150. The van der Waals surface area contributed by atoms with E-state index in [0.29, 0.717) is 31.5 Å². The molecule has 3 heterocycles. The lowest BCUT2D eigenvalue weighted by Gasteiger charge is -2.51. The molecule has 7 atom stereocenters. The van der Waals surface area contributed by atoms with E-state index in [9.17, 15) is 9.59 Å². The number of ether oxygens (including phenoxy) is 3. The van der Waals surface area contributed by atoms with Crippen LogP contribution in [0.1, 0.15) is 58.8 Å². The third-order valence-electron chi connectivity index (χ3n) is 8.66. The van der Waals surface area contributed by atoms with E-state index < -0.39 is 0 Å². The average molecular weight is 406 g/mol. The number of rotatable bonds is 4. The minimum atomic E-state index is -0.0902. The highest BCUT2D eigenvalue weighted by Gasteiger charge is 2.65. The molecule has 6 nitrogen and oxygen atoms in total. The third kappa shape index (κ3) is 3.40. The van der Waals surface area contributed by atoms with Gasteiger partial charge in [0.2, 0.25) is 0 Å². The molecule has 3 saturated heterocycles. The first-order valence-electron chi connectivity index (χ1n) is 11.7. The predicted molar refractivity (Wildman–Crippen MR) is 106 cm³/mol. The minimum Gasteiger partial charge on any atom is -0.466 e. The van der Waals surface area contributed by atoms with E-state index in [2.05, 4.69) is 11.8 Å². The molecule has 162 valence electrons. The van der Waals surface area contributed by atoms with Crippen molar-refractivity contribution in [2.45, 2.75) is 70.5 Å². The van der Waals surface area contributed by atoms with E-state index >= 15 is 0 Å². The Morgan fingerprint density at radius 2 is 2.14 bits per heavy atom. The van der Waals surface area contributed by atoms with Gasteiger partial charge in [-0.25, -0.2) is 0 Å². The molecule has 1 spiro atoms. The quantitative estimate of drug-likeness (QED) is 0.529. The van der Waals surface area contributed by atoms with Gasteiger partial charge in [-0.3, -0.25) is 9.59 Å². The van der Waals surface area contributed by atoms with Gasteiger partial charge in [0.05, 0.1) is 30.7 Å². The van der Waals surface area contributed by atoms with E-state index in [1.807, 2.05) is 6.92 Å². The van der Waals surface area contributed by atoms with Gasteiger partial charge < -0.3 is 19.1 Å². The summed E-state index contributed by atoms with van der Waals surface area (Å²) in [6.07, 6.45) is 7.60. The van der Waals surface area contributed by atoms with Crippen molar-refractivity contribution in [2.24, 2.45) is 29.1 Å². The van der Waals surface area contributed by atoms with Crippen molar-refractivity contribution in [2.75, 3.05) is 32.8 Å². The Morgan fingerprint density at radius 3 is 2.90 bits per heavy atom. The molecule has 5 fully saturated rings. The zero-order valence-electron chi connectivity index (χ0n) is 17.9. The van der Waals surface area contributed by atoms with Gasteiger partial charge in [0.15, 0.2) is 0 Å². The number of piperidine rings is 1. The Hall–Kier alpha value is -1.14. The van der Waals surface area contributed by atoms with Crippen molar-refractivity contribution in [3.05, 3.63) is 0 Å². The van der Waals surface area contributed by atoms with Crippen molar-refractivity contribution >= 4 is 11.9 Å². The Bertz CT molecular complexity index is 676. The maximum atomic E-state index is 12.8. The normalized spacial score (nSPS) is 46.7. The summed E-state index contributed by atoms with van der Waals surface area (Å²) in [5, 5.41) is 0. The second-order valence-corrected chi connectivity index (χ2v) is 10.4. The van der Waals surface area contributed by atoms with Crippen molar-refractivity contribution in [1.29, 1.82) is 0 Å². The molecule has 5 rings (SSSR count). The fourth-order valence-corrected chi connectivity index (χ4v) is 7.12. The molecule has 0 unspecified atom stereocenters. The fourth-order valence-electron chi connectivity index (χ4n) is 7.12. The molecule has 5 aliphatic rings. The van der Waals surface area contributed by atoms with Crippen molar-refractivity contribution in [3.63, 3.8) is 0 Å². The Balaban J connectivity index is 1.28. The number of carbonyl (C=O) groups is 2. The van der Waals surface area contributed by atoms with Crippen LogP contribution < -0.4 is 0 Å². The second kappa shape index (κ2) is 7.23. The van der Waals surface area contributed by atoms with Gasteiger partial charge in [0.25, 0.3) is 0 Å². The molecule has 0 bridgehead atoms. The molecule has 0 N–H and O–H groups in total. The number of hydrogen-bond acceptors (Lipinski definition) is 6. The summed E-state index contributed by atoms with van der Waals surface area (Å²) in [5.41, 5.74) is 0.333. The second-order valence-electron chi connectivity index (χ2n) is 10.4. The van der Waals surface area contributed by atoms with Gasteiger partial charge >= 0.3 is 11.9 Å². The highest BCUT2D eigenvalue weighted by molar-refractivity contribution is 5.76. The average Bonchev–Trinajstić information content (AvgIpc) is 3.40. The van der Waals surface area contributed by atoms with E-state index in [1.54, 1.807) is 0 Å². The number of esters is 2. The molecular formula is C23H35NO5. The third-order valence-corrected chi connectivity index (χ3v) is 8.66. The first kappa shape index (κ1) is 19.8. The molecular weight excluding hydrogens is 370 g/mol. The molecule has 0 aromatic rings. The van der Waals surface area contributed by atoms with Gasteiger partial charge in [-0.15, -0.1) is 0 Å². The number of fused-ring (bicyclic) bond motifs is 3. The topological polar surface area (TPSA) is 68.4 Å². The predicted octanol–water partition coefficient (Wildman–Crippen LogP) is 2.79. The highest BCUT2D eigenvalue weighted by Crippen LogP contribution is 2.62. The number of likely N-dealkylation sites (tertiary alicyclic amines) is 1. The Labute approximate surface area is 173 Å². The van der Waals surface area contributed by atoms with Gasteiger partial charge in [-0.2, -0.15) is 0 Å². The van der Waals surface area contributed by atoms with Crippen LogP contribution in [-0.2, 0) is 23.8 Å². The monoisotopic (exact) mass is 405 g/mol. The van der Waals surface area contributed by atoms with Crippen LogP contribution in [0.3, 0.4) is 0 Å². The summed E-state index contributed by atoms with van der Waals surface area (Å²) >= 11 is 0. The summed E-state index contributed by atoms with van der Waals surface area (Å²) in [6, 6.07) is 0. The van der Waals surface area contributed by atoms with Crippen LogP contribution >= 0.6 is 0 Å². The maximum Gasteiger partial charge on any atom is 0.310 e. The molecule has 0 amide bonds. The molecule has 2 aliphatic carbocycles. The van der Waals surface area contributed by atoms with Crippen LogP contribution in [0.2, 0.25) is 0 Å². The zero-order valence-corrected chi connectivity index (χ0v) is 17.9. The molecule has 3 aliphatic heterocycles. The lowest BCUT2D eigenvalue weighted by Crippen LogP contribution is -2.51. The number of hydrogen-bond donors (Lipinski definition) is 0. The van der Waals surface area contributed by atoms with Crippen LogP contribution in [0.15, 0.2) is 0 Å². The Kier molecular flexibility index (Phi) is 4.93. The van der Waals surface area contributed by atoms with Crippen LogP contribution in [0, 0.1) is 29.1 Å².